The molecule has 0 aliphatic rings. The van der Waals surface area contributed by atoms with Gasteiger partial charge in [0.25, 0.3) is 0 Å². The Balaban J connectivity index is 0. The number of carbonyl (C=O) groups excluding carboxylic acids is 3. The summed E-state index contributed by atoms with van der Waals surface area (Å²) in [7, 11) is 2.75. The quantitative estimate of drug-likeness (QED) is 0.238. The van der Waals surface area contributed by atoms with Crippen molar-refractivity contribution < 1.29 is 83.7 Å². The van der Waals surface area contributed by atoms with E-state index < -0.39 is 30.9 Å². The predicted molar refractivity (Wildman–Crippen MR) is 73.8 cm³/mol. The summed E-state index contributed by atoms with van der Waals surface area (Å²) in [4.78, 5) is 37.5. The Labute approximate surface area is 186 Å². The number of amides is 1. The summed E-state index contributed by atoms with van der Waals surface area (Å²) in [6.45, 7) is -1.52. The van der Waals surface area contributed by atoms with Crippen LogP contribution in [0.1, 0.15) is 6.42 Å². The molecule has 0 saturated carbocycles. The van der Waals surface area contributed by atoms with Crippen molar-refractivity contribution in [1.29, 1.82) is 0 Å². The van der Waals surface area contributed by atoms with Crippen LogP contribution < -0.4 is 69.3 Å². The van der Waals surface area contributed by atoms with E-state index in [0.29, 0.717) is 10.7 Å². The van der Waals surface area contributed by atoms with Crippen LogP contribution in [-0.4, -0.2) is 46.6 Å². The summed E-state index contributed by atoms with van der Waals surface area (Å²) >= 11 is 0. The van der Waals surface area contributed by atoms with Crippen LogP contribution in [0.2, 0.25) is 0 Å². The van der Waals surface area contributed by atoms with E-state index in [-0.39, 0.29) is 65.5 Å². The zero-order valence-corrected chi connectivity index (χ0v) is 18.5. The van der Waals surface area contributed by atoms with Crippen molar-refractivity contribution in [3.05, 3.63) is 24.4 Å². The zero-order valence-electron chi connectivity index (χ0n) is 12.9. The van der Waals surface area contributed by atoms with Gasteiger partial charge in [0.1, 0.15) is 5.03 Å². The van der Waals surface area contributed by atoms with Crippen LogP contribution in [0.5, 0.6) is 0 Å². The van der Waals surface area contributed by atoms with Gasteiger partial charge >= 0.3 is 59.1 Å². The molecule has 0 saturated heterocycles. The number of hydrogen-bond acceptors (Lipinski definition) is 8. The van der Waals surface area contributed by atoms with Gasteiger partial charge in [-0.3, -0.25) is 4.79 Å². The van der Waals surface area contributed by atoms with E-state index in [1.165, 1.54) is 21.6 Å². The third kappa shape index (κ3) is 12.3. The van der Waals surface area contributed by atoms with Crippen LogP contribution in [0.15, 0.2) is 29.4 Å². The number of aromatic nitrogens is 1. The van der Waals surface area contributed by atoms with Crippen LogP contribution in [0, 0.1) is 0 Å². The molecule has 1 aromatic heterocycles. The molecule has 0 aromatic carbocycles. The molecule has 0 atom stereocenters. The van der Waals surface area contributed by atoms with Gasteiger partial charge < -0.3 is 24.7 Å². The number of rotatable bonds is 9. The van der Waals surface area contributed by atoms with Crippen LogP contribution in [-0.2, 0) is 14.4 Å². The number of pyridine rings is 1. The van der Waals surface area contributed by atoms with Gasteiger partial charge in [-0.1, -0.05) is 16.9 Å². The third-order valence-electron chi connectivity index (χ3n) is 2.17. The van der Waals surface area contributed by atoms with E-state index >= 15 is 0 Å². The van der Waals surface area contributed by atoms with E-state index in [1.54, 1.807) is 12.3 Å². The number of nitrogens with zero attached hydrogens (tertiary/aromatic N) is 2. The molecule has 0 N–H and O–H groups in total. The maximum atomic E-state index is 11.7. The molecule has 7 nitrogen and oxygen atoms in total. The topological polar surface area (TPSA) is 113 Å². The van der Waals surface area contributed by atoms with Gasteiger partial charge in [-0.2, -0.15) is 0 Å². The summed E-state index contributed by atoms with van der Waals surface area (Å²) in [5, 5.41) is 21.7. The van der Waals surface area contributed by atoms with Crippen LogP contribution in [0.4, 0.5) is 0 Å². The monoisotopic (exact) mass is 374 g/mol. The van der Waals surface area contributed by atoms with Crippen molar-refractivity contribution in [3.8, 4) is 0 Å². The molecule has 0 aliphatic carbocycles. The summed E-state index contributed by atoms with van der Waals surface area (Å²) in [6, 6.07) is 5.44. The maximum absolute atomic E-state index is 11.7. The van der Waals surface area contributed by atoms with Gasteiger partial charge in [-0.05, 0) is 22.9 Å². The van der Waals surface area contributed by atoms with Gasteiger partial charge in [0, 0.05) is 18.4 Å². The molecular formula is C12H12N2Na2O5S2. The molecule has 1 rings (SSSR count). The van der Waals surface area contributed by atoms with E-state index in [2.05, 4.69) is 4.98 Å². The molecule has 0 unspecified atom stereocenters. The van der Waals surface area contributed by atoms with Crippen molar-refractivity contribution in [2.45, 2.75) is 11.4 Å². The largest absolute Gasteiger partial charge is 1.00 e. The Hall–Kier alpha value is 0.260. The first-order valence-electron chi connectivity index (χ1n) is 5.87. The second-order valence-corrected chi connectivity index (χ2v) is 6.25. The van der Waals surface area contributed by atoms with Gasteiger partial charge in [-0.25, -0.2) is 4.98 Å². The Morgan fingerprint density at radius 3 is 2.17 bits per heavy atom. The first-order valence-corrected chi connectivity index (χ1v) is 8.19. The maximum Gasteiger partial charge on any atom is 1.00 e. The predicted octanol–water partition coefficient (Wildman–Crippen LogP) is -7.45. The van der Waals surface area contributed by atoms with Gasteiger partial charge in [0.2, 0.25) is 5.91 Å². The first kappa shape index (κ1) is 25.5. The molecular weight excluding hydrogens is 362 g/mol. The number of carboxylic acids is 2. The van der Waals surface area contributed by atoms with Crippen molar-refractivity contribution >= 4 is 39.4 Å². The van der Waals surface area contributed by atoms with Gasteiger partial charge in [-0.15, -0.1) is 0 Å². The summed E-state index contributed by atoms with van der Waals surface area (Å²) in [5.41, 5.74) is 0. The first-order chi connectivity index (χ1) is 9.99. The van der Waals surface area contributed by atoms with Crippen molar-refractivity contribution in [2.24, 2.45) is 0 Å². The van der Waals surface area contributed by atoms with Crippen molar-refractivity contribution in [1.82, 2.24) is 9.88 Å². The number of carboxylic acid groups (broad SMARTS) is 2. The van der Waals surface area contributed by atoms with E-state index in [1.807, 2.05) is 12.1 Å². The minimum atomic E-state index is -1.51. The summed E-state index contributed by atoms with van der Waals surface area (Å²) in [6.07, 6.45) is 1.67. The smallest absolute Gasteiger partial charge is 0.548 e. The Morgan fingerprint density at radius 1 is 1.09 bits per heavy atom. The molecule has 0 spiro atoms. The number of carbonyl (C=O) groups is 3. The van der Waals surface area contributed by atoms with Crippen molar-refractivity contribution in [2.75, 3.05) is 18.8 Å². The van der Waals surface area contributed by atoms with E-state index in [4.69, 9.17) is 0 Å². The van der Waals surface area contributed by atoms with E-state index in [0.717, 1.165) is 5.03 Å². The normalized spacial score (nSPS) is 9.22. The second-order valence-electron chi connectivity index (χ2n) is 3.82. The molecule has 0 bridgehead atoms. The summed E-state index contributed by atoms with van der Waals surface area (Å²) in [5.74, 6) is -3.20. The molecule has 11 heteroatoms. The standard InChI is InChI=1S/C12H14N2O5S2.2Na/c15-10(14(7-11(16)17)8-12(18)19)4-6-20-21-9-3-1-2-5-13-9;;/h1-3,5H,4,6-8H2,(H,16,17)(H,18,19);;/q;2*+1/p-2. The SMILES string of the molecule is O=C([O-])CN(CC(=O)[O-])C(=O)CCSSc1ccccn1.[Na+].[Na+]. The zero-order chi connectivity index (χ0) is 15.7. The molecule has 1 aromatic rings. The molecule has 1 heterocycles. The van der Waals surface area contributed by atoms with Gasteiger partial charge in [0.05, 0.1) is 25.0 Å². The fourth-order valence-corrected chi connectivity index (χ4v) is 3.19. The third-order valence-corrected chi connectivity index (χ3v) is 4.44. The minimum Gasteiger partial charge on any atom is -0.548 e. The minimum absolute atomic E-state index is 0. The molecule has 1 amide bonds. The average Bonchev–Trinajstić information content (AvgIpc) is 2.43. The molecule has 23 heavy (non-hydrogen) atoms. The molecule has 0 radical (unpaired) electrons. The fraction of sp³-hybridized carbons (Fsp3) is 0.333. The van der Waals surface area contributed by atoms with Crippen LogP contribution in [0.25, 0.3) is 0 Å². The molecule has 0 fully saturated rings. The van der Waals surface area contributed by atoms with Crippen LogP contribution >= 0.6 is 21.6 Å². The Morgan fingerprint density at radius 2 is 1.70 bits per heavy atom. The fourth-order valence-electron chi connectivity index (χ4n) is 1.33. The number of hydrogen-bond donors (Lipinski definition) is 0. The summed E-state index contributed by atoms with van der Waals surface area (Å²) < 4.78 is 0. The van der Waals surface area contributed by atoms with Gasteiger partial charge in [0.15, 0.2) is 0 Å². The van der Waals surface area contributed by atoms with Crippen LogP contribution in [0.3, 0.4) is 0 Å². The average molecular weight is 374 g/mol. The number of aliphatic carboxylic acids is 2. The molecule has 0 aliphatic heterocycles. The Bertz CT molecular complexity index is 491. The van der Waals surface area contributed by atoms with E-state index in [9.17, 15) is 24.6 Å². The van der Waals surface area contributed by atoms with Crippen molar-refractivity contribution in [3.63, 3.8) is 0 Å². The Kier molecular flexibility index (Phi) is 16.2. The second kappa shape index (κ2) is 14.6. The molecule has 114 valence electrons.